The van der Waals surface area contributed by atoms with Crippen molar-refractivity contribution in [2.24, 2.45) is 10.8 Å². The summed E-state index contributed by atoms with van der Waals surface area (Å²) >= 11 is 0. The number of carboxylic acids is 1. The van der Waals surface area contributed by atoms with Gasteiger partial charge in [-0.15, -0.1) is 0 Å². The Morgan fingerprint density at radius 3 is 2.83 bits per heavy atom. The Morgan fingerprint density at radius 2 is 2.33 bits per heavy atom. The number of carboxylic acid groups (broad SMARTS) is 1. The Kier molecular flexibility index (Phi) is 5.77. The molecule has 0 aromatic heterocycles. The van der Waals surface area contributed by atoms with Gasteiger partial charge in [-0.2, -0.15) is 0 Å². The van der Waals surface area contributed by atoms with E-state index in [9.17, 15) is 4.79 Å². The molecule has 12 heavy (non-hydrogen) atoms. The van der Waals surface area contributed by atoms with E-state index in [1.54, 1.807) is 0 Å². The summed E-state index contributed by atoms with van der Waals surface area (Å²) in [5.41, 5.74) is 11.6. The maximum Gasteiger partial charge on any atom is 0.320 e. The Morgan fingerprint density at radius 1 is 1.67 bits per heavy atom. The zero-order chi connectivity index (χ0) is 9.40. The van der Waals surface area contributed by atoms with E-state index in [2.05, 4.69) is 10.0 Å². The number of hydrogen-bond donors (Lipinski definition) is 3. The average molecular weight is 173 g/mol. The molecule has 0 saturated carbocycles. The van der Waals surface area contributed by atoms with Crippen LogP contribution < -0.4 is 10.6 Å². The van der Waals surface area contributed by atoms with Crippen LogP contribution in [0.1, 0.15) is 19.3 Å². The maximum atomic E-state index is 10.2. The van der Waals surface area contributed by atoms with Crippen molar-refractivity contribution in [1.82, 2.24) is 4.91 Å². The lowest BCUT2D eigenvalue weighted by atomic mass is 10.1. The van der Waals surface area contributed by atoms with Gasteiger partial charge in [0.1, 0.15) is 23.2 Å². The van der Waals surface area contributed by atoms with Gasteiger partial charge in [-0.1, -0.05) is 0 Å². The minimum absolute atomic E-state index is 0.447. The molecular formula is C6H13N4O2+. The topological polar surface area (TPSA) is 114 Å². The van der Waals surface area contributed by atoms with Gasteiger partial charge in [0.2, 0.25) is 4.91 Å². The van der Waals surface area contributed by atoms with Gasteiger partial charge in [0, 0.05) is 0 Å². The van der Waals surface area contributed by atoms with E-state index >= 15 is 0 Å². The third-order valence-electron chi connectivity index (χ3n) is 1.41. The van der Waals surface area contributed by atoms with Crippen molar-refractivity contribution in [2.45, 2.75) is 25.3 Å². The summed E-state index contributed by atoms with van der Waals surface area (Å²) in [5.74, 6) is -0.975. The summed E-state index contributed by atoms with van der Waals surface area (Å²) in [4.78, 5) is 13.0. The minimum atomic E-state index is -0.975. The van der Waals surface area contributed by atoms with Crippen molar-refractivity contribution in [3.63, 3.8) is 0 Å². The molecule has 68 valence electrons. The predicted octanol–water partition coefficient (Wildman–Crippen LogP) is 0.119. The van der Waals surface area contributed by atoms with Crippen LogP contribution >= 0.6 is 0 Å². The first kappa shape index (κ1) is 10.7. The highest BCUT2D eigenvalue weighted by Crippen LogP contribution is 1.98. The molecule has 0 spiro atoms. The summed E-state index contributed by atoms with van der Waals surface area (Å²) in [6.45, 7) is 0.468. The maximum absolute atomic E-state index is 10.2. The molecule has 0 aliphatic carbocycles. The normalized spacial score (nSPS) is 11.8. The fourth-order valence-electron chi connectivity index (χ4n) is 0.720. The highest BCUT2D eigenvalue weighted by Gasteiger charge is 2.09. The summed E-state index contributed by atoms with van der Waals surface area (Å²) in [6, 6.07) is -0.780. The molecule has 0 aromatic rings. The Labute approximate surface area is 70.0 Å². The molecule has 0 radical (unpaired) electrons. The molecule has 0 amide bonds. The van der Waals surface area contributed by atoms with Crippen LogP contribution in [0.3, 0.4) is 0 Å². The van der Waals surface area contributed by atoms with Crippen LogP contribution in [0.4, 0.5) is 0 Å². The molecule has 0 rings (SSSR count). The molecule has 0 saturated heterocycles. The SMILES string of the molecule is N=[N+]=NCCCC[C@H](N)C(=O)O. The lowest BCUT2D eigenvalue weighted by molar-refractivity contribution is -0.138. The van der Waals surface area contributed by atoms with Crippen molar-refractivity contribution >= 4 is 5.97 Å². The summed E-state index contributed by atoms with van der Waals surface area (Å²) in [7, 11) is 0. The highest BCUT2D eigenvalue weighted by molar-refractivity contribution is 5.72. The summed E-state index contributed by atoms with van der Waals surface area (Å²) in [6.07, 6.45) is 1.87. The van der Waals surface area contributed by atoms with Crippen LogP contribution in [-0.4, -0.2) is 23.7 Å². The van der Waals surface area contributed by atoms with E-state index in [0.717, 1.165) is 6.42 Å². The summed E-state index contributed by atoms with van der Waals surface area (Å²) < 4.78 is 0. The van der Waals surface area contributed by atoms with E-state index in [1.165, 1.54) is 0 Å². The fraction of sp³-hybridized carbons (Fsp3) is 0.833. The number of aliphatic carboxylic acids is 1. The monoisotopic (exact) mass is 173 g/mol. The van der Waals surface area contributed by atoms with Crippen LogP contribution in [-0.2, 0) is 4.79 Å². The number of carbonyl (C=O) groups is 1. The lowest BCUT2D eigenvalue weighted by Crippen LogP contribution is -2.29. The second kappa shape index (κ2) is 6.45. The van der Waals surface area contributed by atoms with Gasteiger partial charge in [0.25, 0.3) is 0 Å². The number of unbranched alkanes of at least 4 members (excludes halogenated alkanes) is 1. The van der Waals surface area contributed by atoms with Crippen LogP contribution in [0, 0.1) is 5.53 Å². The van der Waals surface area contributed by atoms with E-state index in [1.807, 2.05) is 0 Å². The third-order valence-corrected chi connectivity index (χ3v) is 1.41. The molecule has 0 bridgehead atoms. The van der Waals surface area contributed by atoms with Gasteiger partial charge >= 0.3 is 5.97 Å². The number of nitrogens with zero attached hydrogens (tertiary/aromatic N) is 2. The lowest BCUT2D eigenvalue weighted by Gasteiger charge is -2.02. The van der Waals surface area contributed by atoms with Gasteiger partial charge in [0.15, 0.2) is 0 Å². The Balaban J connectivity index is 3.31. The first-order chi connectivity index (χ1) is 5.68. The standard InChI is InChI=1S/C6H12N4O2/c7-5(6(11)12)3-1-2-4-9-10-8/h5,8H,1-4,7H2/p+1/t5-/m0/s1. The zero-order valence-electron chi connectivity index (χ0n) is 6.73. The Hall–Kier alpha value is -1.26. The third kappa shape index (κ3) is 5.52. The minimum Gasteiger partial charge on any atom is -0.480 e. The molecular weight excluding hydrogens is 160 g/mol. The average Bonchev–Trinajstić information content (AvgIpc) is 2.03. The predicted molar refractivity (Wildman–Crippen MR) is 41.6 cm³/mol. The van der Waals surface area contributed by atoms with Crippen LogP contribution in [0.2, 0.25) is 0 Å². The smallest absolute Gasteiger partial charge is 0.320 e. The van der Waals surface area contributed by atoms with Gasteiger partial charge in [0.05, 0.1) is 0 Å². The molecule has 0 aromatic carbocycles. The quantitative estimate of drug-likeness (QED) is 0.301. The summed E-state index contributed by atoms with van der Waals surface area (Å²) in [5, 5.41) is 11.8. The van der Waals surface area contributed by atoms with Gasteiger partial charge in [-0.25, -0.2) is 0 Å². The van der Waals surface area contributed by atoms with Crippen LogP contribution in [0.5, 0.6) is 0 Å². The first-order valence-electron chi connectivity index (χ1n) is 3.70. The van der Waals surface area contributed by atoms with Gasteiger partial charge in [-0.05, 0) is 19.3 Å². The largest absolute Gasteiger partial charge is 0.480 e. The van der Waals surface area contributed by atoms with Crippen molar-refractivity contribution in [1.29, 1.82) is 5.53 Å². The van der Waals surface area contributed by atoms with Crippen LogP contribution in [0.25, 0.3) is 0 Å². The molecule has 4 N–H and O–H groups in total. The van der Waals surface area contributed by atoms with E-state index in [4.69, 9.17) is 16.4 Å². The molecule has 0 aliphatic heterocycles. The molecule has 6 heteroatoms. The second-order valence-corrected chi connectivity index (χ2v) is 2.41. The van der Waals surface area contributed by atoms with Crippen LogP contribution in [0.15, 0.2) is 5.11 Å². The van der Waals surface area contributed by atoms with E-state index in [0.29, 0.717) is 19.4 Å². The number of nitrogens with two attached hydrogens (primary N) is 1. The van der Waals surface area contributed by atoms with Crippen molar-refractivity contribution in [3.8, 4) is 0 Å². The van der Waals surface area contributed by atoms with Crippen molar-refractivity contribution in [2.75, 3.05) is 6.54 Å². The van der Waals surface area contributed by atoms with Crippen molar-refractivity contribution < 1.29 is 9.90 Å². The van der Waals surface area contributed by atoms with Gasteiger partial charge in [-0.3, -0.25) is 4.79 Å². The molecule has 6 nitrogen and oxygen atoms in total. The van der Waals surface area contributed by atoms with E-state index in [-0.39, 0.29) is 0 Å². The molecule has 0 aliphatic rings. The molecule has 1 atom stereocenters. The van der Waals surface area contributed by atoms with Gasteiger partial charge < -0.3 is 10.8 Å². The molecule has 0 unspecified atom stereocenters. The van der Waals surface area contributed by atoms with E-state index < -0.39 is 12.0 Å². The molecule has 0 heterocycles. The zero-order valence-corrected chi connectivity index (χ0v) is 6.73. The highest BCUT2D eigenvalue weighted by atomic mass is 16.4. The second-order valence-electron chi connectivity index (χ2n) is 2.41. The number of rotatable bonds is 6. The first-order valence-corrected chi connectivity index (χ1v) is 3.70. The molecule has 0 fully saturated rings. The van der Waals surface area contributed by atoms with Crippen molar-refractivity contribution in [3.05, 3.63) is 0 Å². The fourth-order valence-corrected chi connectivity index (χ4v) is 0.720. The number of hydrogen-bond acceptors (Lipinski definition) is 4. The number of nitrogens with one attached hydrogen (secondary N) is 1. The Bertz CT molecular complexity index is 188.